The van der Waals surface area contributed by atoms with Crippen molar-refractivity contribution in [2.24, 2.45) is 11.8 Å². The summed E-state index contributed by atoms with van der Waals surface area (Å²) in [4.78, 5) is 8.59. The fraction of sp³-hybridized carbons (Fsp3) is 0.667. The maximum atomic E-state index is 8.92. The molecule has 1 rings (SSSR count). The van der Waals surface area contributed by atoms with Crippen molar-refractivity contribution in [2.45, 2.75) is 33.1 Å². The Morgan fingerprint density at radius 2 is 2.11 bits per heavy atom. The maximum Gasteiger partial charge on any atom is 0.145 e. The number of aryl methyl sites for hydroxylation is 1. The van der Waals surface area contributed by atoms with E-state index in [2.05, 4.69) is 20.7 Å². The number of anilines is 2. The third-order valence-electron chi connectivity index (χ3n) is 2.73. The quantitative estimate of drug-likeness (QED) is 0.315. The number of nitrogens with zero attached hydrogens (tertiary/aromatic N) is 2. The molecule has 1 aromatic rings. The molecule has 1 aromatic heterocycles. The van der Waals surface area contributed by atoms with Gasteiger partial charge < -0.3 is 15.8 Å². The molecule has 6 nitrogen and oxygen atoms in total. The first-order valence-corrected chi connectivity index (χ1v) is 6.38. The molecule has 0 saturated carbocycles. The first kappa shape index (κ1) is 14.7. The Labute approximate surface area is 108 Å². The standard InChI is InChI=1S/C12H23N5O/c1-3-10-15-11(7-12(16-10)17-13)14-6-4-5-9(2)8-18/h7,9,18H,3-6,8,13H2,1-2H3,(H2,14,15,16,17). The Morgan fingerprint density at radius 3 is 2.72 bits per heavy atom. The summed E-state index contributed by atoms with van der Waals surface area (Å²) in [7, 11) is 0. The molecule has 0 aliphatic heterocycles. The summed E-state index contributed by atoms with van der Waals surface area (Å²) < 4.78 is 0. The Kier molecular flexibility index (Phi) is 6.38. The molecule has 1 atom stereocenters. The first-order valence-electron chi connectivity index (χ1n) is 6.38. The minimum absolute atomic E-state index is 0.245. The van der Waals surface area contributed by atoms with Crippen LogP contribution >= 0.6 is 0 Å². The fourth-order valence-electron chi connectivity index (χ4n) is 1.58. The Bertz CT molecular complexity index is 336. The van der Waals surface area contributed by atoms with Crippen molar-refractivity contribution in [1.82, 2.24) is 9.97 Å². The van der Waals surface area contributed by atoms with Crippen molar-refractivity contribution in [3.8, 4) is 0 Å². The summed E-state index contributed by atoms with van der Waals surface area (Å²) in [6.45, 7) is 5.11. The summed E-state index contributed by atoms with van der Waals surface area (Å²) >= 11 is 0. The lowest BCUT2D eigenvalue weighted by molar-refractivity contribution is 0.229. The van der Waals surface area contributed by atoms with Gasteiger partial charge in [-0.15, -0.1) is 0 Å². The molecule has 0 bridgehead atoms. The van der Waals surface area contributed by atoms with Crippen LogP contribution in [0.4, 0.5) is 11.6 Å². The zero-order valence-electron chi connectivity index (χ0n) is 11.1. The molecule has 0 fully saturated rings. The van der Waals surface area contributed by atoms with Gasteiger partial charge in [0.05, 0.1) is 0 Å². The fourth-order valence-corrected chi connectivity index (χ4v) is 1.58. The van der Waals surface area contributed by atoms with Crippen LogP contribution in [0, 0.1) is 5.92 Å². The molecule has 0 aliphatic carbocycles. The van der Waals surface area contributed by atoms with Gasteiger partial charge in [-0.05, 0) is 18.8 Å². The molecule has 1 heterocycles. The lowest BCUT2D eigenvalue weighted by atomic mass is 10.1. The van der Waals surface area contributed by atoms with E-state index in [1.165, 1.54) is 0 Å². The van der Waals surface area contributed by atoms with Gasteiger partial charge in [0.2, 0.25) is 0 Å². The number of nitrogen functional groups attached to an aromatic ring is 1. The van der Waals surface area contributed by atoms with E-state index >= 15 is 0 Å². The number of nitrogens with one attached hydrogen (secondary N) is 2. The summed E-state index contributed by atoms with van der Waals surface area (Å²) in [6.07, 6.45) is 2.77. The number of nitrogens with two attached hydrogens (primary N) is 1. The third kappa shape index (κ3) is 4.85. The van der Waals surface area contributed by atoms with Crippen LogP contribution in [0.5, 0.6) is 0 Å². The molecule has 0 aliphatic rings. The number of hydrazine groups is 1. The van der Waals surface area contributed by atoms with Crippen LogP contribution in [-0.2, 0) is 6.42 Å². The zero-order chi connectivity index (χ0) is 13.4. The van der Waals surface area contributed by atoms with Gasteiger partial charge in [0.15, 0.2) is 0 Å². The molecule has 0 radical (unpaired) electrons. The minimum atomic E-state index is 0.245. The molecular formula is C12H23N5O. The molecule has 5 N–H and O–H groups in total. The largest absolute Gasteiger partial charge is 0.396 e. The second-order valence-electron chi connectivity index (χ2n) is 4.41. The van der Waals surface area contributed by atoms with Crippen molar-refractivity contribution < 1.29 is 5.11 Å². The normalized spacial score (nSPS) is 12.2. The molecule has 0 saturated heterocycles. The summed E-state index contributed by atoms with van der Waals surface area (Å²) in [5.74, 6) is 7.87. The molecule has 18 heavy (non-hydrogen) atoms. The lowest BCUT2D eigenvalue weighted by Crippen LogP contribution is -2.13. The molecule has 102 valence electrons. The van der Waals surface area contributed by atoms with Crippen molar-refractivity contribution in [3.63, 3.8) is 0 Å². The maximum absolute atomic E-state index is 8.92. The summed E-state index contributed by atoms with van der Waals surface area (Å²) in [5.41, 5.74) is 2.54. The van der Waals surface area contributed by atoms with E-state index in [1.807, 2.05) is 13.8 Å². The predicted molar refractivity (Wildman–Crippen MR) is 73.2 cm³/mol. The number of aromatic nitrogens is 2. The number of rotatable bonds is 8. The van der Waals surface area contributed by atoms with Gasteiger partial charge in [0.25, 0.3) is 0 Å². The van der Waals surface area contributed by atoms with Crippen molar-refractivity contribution in [1.29, 1.82) is 0 Å². The lowest BCUT2D eigenvalue weighted by Gasteiger charge is -2.10. The van der Waals surface area contributed by atoms with Gasteiger partial charge >= 0.3 is 0 Å². The highest BCUT2D eigenvalue weighted by Gasteiger charge is 2.03. The summed E-state index contributed by atoms with van der Waals surface area (Å²) in [6, 6.07) is 1.79. The van der Waals surface area contributed by atoms with E-state index in [9.17, 15) is 0 Å². The van der Waals surface area contributed by atoms with Crippen LogP contribution in [0.25, 0.3) is 0 Å². The average molecular weight is 253 g/mol. The van der Waals surface area contributed by atoms with Crippen LogP contribution in [-0.4, -0.2) is 28.2 Å². The highest BCUT2D eigenvalue weighted by Crippen LogP contribution is 2.11. The van der Waals surface area contributed by atoms with Crippen molar-refractivity contribution >= 4 is 11.6 Å². The van der Waals surface area contributed by atoms with Gasteiger partial charge in [-0.2, -0.15) is 0 Å². The van der Waals surface area contributed by atoms with Crippen LogP contribution in [0.15, 0.2) is 6.07 Å². The van der Waals surface area contributed by atoms with Crippen LogP contribution < -0.4 is 16.6 Å². The molecule has 0 aromatic carbocycles. The molecular weight excluding hydrogens is 230 g/mol. The summed E-state index contributed by atoms with van der Waals surface area (Å²) in [5, 5.41) is 12.2. The molecule has 6 heteroatoms. The Balaban J connectivity index is 2.46. The van der Waals surface area contributed by atoms with E-state index in [0.717, 1.165) is 37.4 Å². The second-order valence-corrected chi connectivity index (χ2v) is 4.41. The van der Waals surface area contributed by atoms with E-state index in [0.29, 0.717) is 11.7 Å². The van der Waals surface area contributed by atoms with E-state index in [-0.39, 0.29) is 6.61 Å². The SMILES string of the molecule is CCc1nc(NN)cc(NCCCC(C)CO)n1. The number of aliphatic hydroxyl groups excluding tert-OH is 1. The average Bonchev–Trinajstić information content (AvgIpc) is 2.42. The van der Waals surface area contributed by atoms with Gasteiger partial charge in [-0.1, -0.05) is 13.8 Å². The second kappa shape index (κ2) is 7.84. The van der Waals surface area contributed by atoms with Gasteiger partial charge in [-0.3, -0.25) is 0 Å². The van der Waals surface area contributed by atoms with Crippen molar-refractivity contribution in [3.05, 3.63) is 11.9 Å². The van der Waals surface area contributed by atoms with E-state index in [4.69, 9.17) is 10.9 Å². The first-order chi connectivity index (χ1) is 8.69. The van der Waals surface area contributed by atoms with Gasteiger partial charge in [0, 0.05) is 25.6 Å². The predicted octanol–water partition coefficient (Wildman–Crippen LogP) is 1.15. The molecule has 1 unspecified atom stereocenters. The van der Waals surface area contributed by atoms with Crippen LogP contribution in [0.1, 0.15) is 32.5 Å². The van der Waals surface area contributed by atoms with Crippen molar-refractivity contribution in [2.75, 3.05) is 23.9 Å². The number of aliphatic hydroxyl groups is 1. The monoisotopic (exact) mass is 253 g/mol. The Hall–Kier alpha value is -1.40. The van der Waals surface area contributed by atoms with E-state index < -0.39 is 0 Å². The minimum Gasteiger partial charge on any atom is -0.396 e. The highest BCUT2D eigenvalue weighted by atomic mass is 16.3. The zero-order valence-corrected chi connectivity index (χ0v) is 11.1. The van der Waals surface area contributed by atoms with Crippen LogP contribution in [0.3, 0.4) is 0 Å². The Morgan fingerprint density at radius 1 is 1.39 bits per heavy atom. The number of hydrogen-bond acceptors (Lipinski definition) is 6. The molecule has 0 amide bonds. The smallest absolute Gasteiger partial charge is 0.145 e. The van der Waals surface area contributed by atoms with Crippen LogP contribution in [0.2, 0.25) is 0 Å². The third-order valence-corrected chi connectivity index (χ3v) is 2.73. The van der Waals surface area contributed by atoms with Gasteiger partial charge in [0.1, 0.15) is 17.5 Å². The highest BCUT2D eigenvalue weighted by molar-refractivity contribution is 5.46. The number of hydrogen-bond donors (Lipinski definition) is 4. The van der Waals surface area contributed by atoms with E-state index in [1.54, 1.807) is 6.07 Å². The molecule has 0 spiro atoms. The topological polar surface area (TPSA) is 96.1 Å². The van der Waals surface area contributed by atoms with Gasteiger partial charge in [-0.25, -0.2) is 15.8 Å².